The van der Waals surface area contributed by atoms with Crippen LogP contribution >= 0.6 is 22.9 Å². The summed E-state index contributed by atoms with van der Waals surface area (Å²) < 4.78 is 32.6. The first-order valence-corrected chi connectivity index (χ1v) is 8.78. The summed E-state index contributed by atoms with van der Waals surface area (Å²) in [6.07, 6.45) is 0. The van der Waals surface area contributed by atoms with E-state index < -0.39 is 10.0 Å². The van der Waals surface area contributed by atoms with E-state index in [0.29, 0.717) is 23.0 Å². The molecule has 0 radical (unpaired) electrons. The molecule has 1 heterocycles. The number of hydrogen-bond acceptors (Lipinski definition) is 5. The van der Waals surface area contributed by atoms with E-state index in [1.807, 2.05) is 0 Å². The summed E-state index contributed by atoms with van der Waals surface area (Å²) in [6.45, 7) is 0.618. The van der Waals surface area contributed by atoms with Crippen molar-refractivity contribution in [1.29, 1.82) is 0 Å². The van der Waals surface area contributed by atoms with Crippen LogP contribution in [0.15, 0.2) is 33.9 Å². The average molecular weight is 347 g/mol. The molecule has 0 atom stereocenters. The Morgan fingerprint density at radius 1 is 1.33 bits per heavy atom. The van der Waals surface area contributed by atoms with Crippen LogP contribution in [0, 0.1) is 0 Å². The number of methoxy groups -OCH3 is 1. The minimum atomic E-state index is -3.66. The van der Waals surface area contributed by atoms with Crippen LogP contribution in [0.5, 0.6) is 5.75 Å². The molecule has 0 aliphatic heterocycles. The second-order valence-electron chi connectivity index (χ2n) is 4.25. The van der Waals surface area contributed by atoms with Crippen LogP contribution in [0.2, 0.25) is 5.02 Å². The van der Waals surface area contributed by atoms with Gasteiger partial charge in [-0.1, -0.05) is 11.6 Å². The molecule has 21 heavy (non-hydrogen) atoms. The minimum Gasteiger partial charge on any atom is -0.495 e. The molecule has 0 saturated carbocycles. The second kappa shape index (κ2) is 6.65. The van der Waals surface area contributed by atoms with Gasteiger partial charge in [0.05, 0.1) is 12.8 Å². The Morgan fingerprint density at radius 2 is 2.10 bits per heavy atom. The predicted octanol–water partition coefficient (Wildman–Crippen LogP) is 2.93. The highest BCUT2D eigenvalue weighted by molar-refractivity contribution is 7.94. The monoisotopic (exact) mass is 346 g/mol. The Hall–Kier alpha value is -1.28. The summed E-state index contributed by atoms with van der Waals surface area (Å²) in [4.78, 5) is 0. The summed E-state index contributed by atoms with van der Waals surface area (Å²) in [6, 6.07) is 6.40. The average Bonchev–Trinajstić information content (AvgIpc) is 2.88. The molecule has 0 fully saturated rings. The van der Waals surface area contributed by atoms with Crippen molar-refractivity contribution in [2.45, 2.75) is 10.8 Å². The molecule has 0 bridgehead atoms. The zero-order valence-electron chi connectivity index (χ0n) is 11.5. The van der Waals surface area contributed by atoms with Gasteiger partial charge in [0.15, 0.2) is 0 Å². The highest BCUT2D eigenvalue weighted by atomic mass is 35.5. The summed E-state index contributed by atoms with van der Waals surface area (Å²) in [5, 5.41) is 5.21. The maximum atomic E-state index is 12.4. The molecule has 0 aliphatic carbocycles. The van der Waals surface area contributed by atoms with Gasteiger partial charge in [-0.3, -0.25) is 4.72 Å². The van der Waals surface area contributed by atoms with Crippen molar-refractivity contribution in [3.63, 3.8) is 0 Å². The van der Waals surface area contributed by atoms with Crippen molar-refractivity contribution in [2.75, 3.05) is 18.9 Å². The summed E-state index contributed by atoms with van der Waals surface area (Å²) in [7, 11) is -0.382. The first-order chi connectivity index (χ1) is 9.96. The lowest BCUT2D eigenvalue weighted by Gasteiger charge is -2.11. The molecule has 1 aromatic carbocycles. The summed E-state index contributed by atoms with van der Waals surface area (Å²) in [5.41, 5.74) is 1.23. The zero-order valence-corrected chi connectivity index (χ0v) is 13.9. The van der Waals surface area contributed by atoms with Gasteiger partial charge in [-0.25, -0.2) is 8.42 Å². The molecule has 0 aliphatic rings. The van der Waals surface area contributed by atoms with E-state index in [2.05, 4.69) is 10.0 Å². The number of hydrogen-bond donors (Lipinski definition) is 2. The van der Waals surface area contributed by atoms with Crippen molar-refractivity contribution < 1.29 is 13.2 Å². The van der Waals surface area contributed by atoms with E-state index in [1.165, 1.54) is 24.5 Å². The number of thiophene rings is 1. The fraction of sp³-hybridized carbons (Fsp3) is 0.231. The highest BCUT2D eigenvalue weighted by Gasteiger charge is 2.19. The van der Waals surface area contributed by atoms with Crippen LogP contribution in [0.4, 0.5) is 5.69 Å². The number of nitrogens with one attached hydrogen (secondary N) is 2. The van der Waals surface area contributed by atoms with E-state index in [0.717, 1.165) is 5.56 Å². The first kappa shape index (κ1) is 16.1. The number of sulfonamides is 1. The predicted molar refractivity (Wildman–Crippen MR) is 85.9 cm³/mol. The largest absolute Gasteiger partial charge is 0.495 e. The molecule has 2 rings (SSSR count). The topological polar surface area (TPSA) is 67.4 Å². The van der Waals surface area contributed by atoms with E-state index in [9.17, 15) is 8.42 Å². The number of halogens is 1. The van der Waals surface area contributed by atoms with Crippen LogP contribution in [0.25, 0.3) is 0 Å². The van der Waals surface area contributed by atoms with Gasteiger partial charge in [0.25, 0.3) is 10.0 Å². The standard InChI is InChI=1S/C13H15ClN2O3S2/c1-15-7-9-5-13(20-8-9)21(17,18)16-11-6-10(14)3-4-12(11)19-2/h3-6,8,15-16H,7H2,1-2H3. The van der Waals surface area contributed by atoms with Gasteiger partial charge < -0.3 is 10.1 Å². The van der Waals surface area contributed by atoms with Gasteiger partial charge in [-0.15, -0.1) is 11.3 Å². The lowest BCUT2D eigenvalue weighted by Crippen LogP contribution is -2.12. The maximum absolute atomic E-state index is 12.4. The van der Waals surface area contributed by atoms with Gasteiger partial charge in [0.1, 0.15) is 9.96 Å². The SMILES string of the molecule is CNCc1csc(S(=O)(=O)Nc2cc(Cl)ccc2OC)c1. The van der Waals surface area contributed by atoms with Crippen molar-refractivity contribution in [3.8, 4) is 5.75 Å². The number of anilines is 1. The molecule has 0 amide bonds. The maximum Gasteiger partial charge on any atom is 0.271 e. The van der Waals surface area contributed by atoms with Crippen LogP contribution in [-0.2, 0) is 16.6 Å². The quantitative estimate of drug-likeness (QED) is 0.844. The summed E-state index contributed by atoms with van der Waals surface area (Å²) >= 11 is 7.07. The van der Waals surface area contributed by atoms with E-state index in [-0.39, 0.29) is 4.21 Å². The third-order valence-corrected chi connectivity index (χ3v) is 5.77. The van der Waals surface area contributed by atoms with E-state index in [1.54, 1.807) is 30.6 Å². The Kier molecular flexibility index (Phi) is 5.10. The fourth-order valence-corrected chi connectivity index (χ4v) is 4.19. The number of rotatable bonds is 6. The molecule has 2 N–H and O–H groups in total. The zero-order chi connectivity index (χ0) is 15.5. The Morgan fingerprint density at radius 3 is 2.76 bits per heavy atom. The van der Waals surface area contributed by atoms with E-state index >= 15 is 0 Å². The second-order valence-corrected chi connectivity index (χ2v) is 7.51. The van der Waals surface area contributed by atoms with Crippen LogP contribution in [-0.4, -0.2) is 22.6 Å². The normalized spacial score (nSPS) is 11.4. The fourth-order valence-electron chi connectivity index (χ4n) is 1.75. The number of benzene rings is 1. The smallest absolute Gasteiger partial charge is 0.271 e. The summed E-state index contributed by atoms with van der Waals surface area (Å²) in [5.74, 6) is 0.412. The van der Waals surface area contributed by atoms with Crippen molar-refractivity contribution in [1.82, 2.24) is 5.32 Å². The van der Waals surface area contributed by atoms with Gasteiger partial charge in [-0.05, 0) is 42.3 Å². The van der Waals surface area contributed by atoms with E-state index in [4.69, 9.17) is 16.3 Å². The van der Waals surface area contributed by atoms with Crippen LogP contribution in [0.3, 0.4) is 0 Å². The first-order valence-electron chi connectivity index (χ1n) is 6.04. The van der Waals surface area contributed by atoms with Crippen LogP contribution in [0.1, 0.15) is 5.56 Å². The highest BCUT2D eigenvalue weighted by Crippen LogP contribution is 2.31. The molecular formula is C13H15ClN2O3S2. The van der Waals surface area contributed by atoms with Crippen LogP contribution < -0.4 is 14.8 Å². The lowest BCUT2D eigenvalue weighted by atomic mass is 10.3. The molecule has 2 aromatic rings. The van der Waals surface area contributed by atoms with Crippen molar-refractivity contribution in [2.24, 2.45) is 0 Å². The molecular weight excluding hydrogens is 332 g/mol. The molecule has 0 unspecified atom stereocenters. The molecule has 5 nitrogen and oxygen atoms in total. The third kappa shape index (κ3) is 3.88. The van der Waals surface area contributed by atoms with Crippen molar-refractivity contribution in [3.05, 3.63) is 40.2 Å². The Balaban J connectivity index is 2.30. The van der Waals surface area contributed by atoms with Gasteiger partial charge in [-0.2, -0.15) is 0 Å². The molecule has 0 saturated heterocycles. The Bertz CT molecular complexity index is 729. The molecule has 0 spiro atoms. The Labute approximate surface area is 133 Å². The van der Waals surface area contributed by atoms with Crippen molar-refractivity contribution >= 4 is 38.6 Å². The molecule has 1 aromatic heterocycles. The van der Waals surface area contributed by atoms with Gasteiger partial charge >= 0.3 is 0 Å². The van der Waals surface area contributed by atoms with Gasteiger partial charge in [0.2, 0.25) is 0 Å². The minimum absolute atomic E-state index is 0.245. The number of ether oxygens (including phenoxy) is 1. The molecule has 8 heteroatoms. The lowest BCUT2D eigenvalue weighted by molar-refractivity contribution is 0.417. The third-order valence-electron chi connectivity index (χ3n) is 2.68. The molecule has 114 valence electrons. The van der Waals surface area contributed by atoms with Gasteiger partial charge in [0, 0.05) is 11.6 Å².